The summed E-state index contributed by atoms with van der Waals surface area (Å²) in [5.41, 5.74) is 4.95. The number of carbonyl (C=O) groups is 3. The maximum Gasteiger partial charge on any atom is 0.338 e. The number of aromatic nitrogens is 2. The third kappa shape index (κ3) is 41.6. The molecule has 0 aliphatic carbocycles. The summed E-state index contributed by atoms with van der Waals surface area (Å²) in [5, 5.41) is 8.22. The van der Waals surface area contributed by atoms with Crippen molar-refractivity contribution in [2.45, 2.75) is 408 Å². The molecule has 0 aliphatic rings. The average Bonchev–Trinajstić information content (AvgIpc) is 0.814. The molecule has 0 spiro atoms. The standard InChI is InChI=1S/C100H156N4O8/c1-7-11-15-19-23-27-31-35-39-43-47-51-55-59-69-108-90-73-86(74-91(79-90)109-70-60-56-52-48-44-40-36-32-28-24-20-16-12-8-2)98(105)103-94-77-88(100(107)112-81-89-68-67-85-66-65-84-64-63-82(5)101-96(84)97(85)102-89)78-95(83(94)6)104-99(106)87-75-92(110-71-61-57-53-49-45-41-37-33-29-25-21-17-13-9-3)80-93(76-87)111-72-62-58-54-50-46-42-38-34-30-26-22-18-14-10-4/h63-68,73-80H,7-62,69-72,81H2,1-6H3,(H,103,105)(H,104,106). The maximum absolute atomic E-state index is 15.0. The van der Waals surface area contributed by atoms with Crippen LogP contribution in [0.1, 0.15) is 435 Å². The number of unbranched alkanes of at least 4 members (excludes halogenated alkanes) is 52. The average molecular weight is 1540 g/mol. The van der Waals surface area contributed by atoms with Crippen LogP contribution in [0, 0.1) is 13.8 Å². The molecule has 2 heterocycles. The van der Waals surface area contributed by atoms with Crippen molar-refractivity contribution in [1.29, 1.82) is 0 Å². The summed E-state index contributed by atoms with van der Waals surface area (Å²) in [6.07, 6.45) is 71.4. The maximum atomic E-state index is 15.0. The fraction of sp³-hybridized carbons (Fsp3) is 0.670. The lowest BCUT2D eigenvalue weighted by atomic mass is 10.0. The second-order valence-corrected chi connectivity index (χ2v) is 32.8. The largest absolute Gasteiger partial charge is 0.493 e. The van der Waals surface area contributed by atoms with Crippen molar-refractivity contribution in [2.75, 3.05) is 37.1 Å². The molecule has 112 heavy (non-hydrogen) atoms. The minimum Gasteiger partial charge on any atom is -0.493 e. The number of aryl methyl sites for hydroxylation is 1. The van der Waals surface area contributed by atoms with Gasteiger partial charge in [-0.15, -0.1) is 0 Å². The molecule has 0 saturated heterocycles. The molecule has 12 heteroatoms. The molecule has 6 rings (SSSR count). The second kappa shape index (κ2) is 61.7. The molecule has 2 aromatic heterocycles. The Morgan fingerprint density at radius 3 is 0.821 bits per heavy atom. The molecule has 2 amide bonds. The summed E-state index contributed by atoms with van der Waals surface area (Å²) in [5.74, 6) is 0.761. The van der Waals surface area contributed by atoms with Gasteiger partial charge in [0, 0.05) is 51.1 Å². The number of pyridine rings is 2. The zero-order valence-corrected chi connectivity index (χ0v) is 71.9. The number of hydrogen-bond acceptors (Lipinski definition) is 10. The molecule has 12 nitrogen and oxygen atoms in total. The van der Waals surface area contributed by atoms with Gasteiger partial charge in [-0.2, -0.15) is 0 Å². The number of anilines is 2. The quantitative estimate of drug-likeness (QED) is 0.0215. The lowest BCUT2D eigenvalue weighted by molar-refractivity contribution is 0.0467. The number of hydrogen-bond donors (Lipinski definition) is 2. The van der Waals surface area contributed by atoms with Crippen LogP contribution >= 0.6 is 0 Å². The van der Waals surface area contributed by atoms with E-state index < -0.39 is 17.8 Å². The number of benzene rings is 4. The lowest BCUT2D eigenvalue weighted by Crippen LogP contribution is -2.18. The van der Waals surface area contributed by atoms with Crippen molar-refractivity contribution in [3.63, 3.8) is 0 Å². The first-order chi connectivity index (χ1) is 55.1. The van der Waals surface area contributed by atoms with E-state index in [2.05, 4.69) is 38.3 Å². The summed E-state index contributed by atoms with van der Waals surface area (Å²) in [4.78, 5) is 54.4. The van der Waals surface area contributed by atoms with Crippen molar-refractivity contribution < 1.29 is 38.1 Å². The molecule has 0 unspecified atom stereocenters. The molecule has 624 valence electrons. The summed E-state index contributed by atoms with van der Waals surface area (Å²) in [7, 11) is 0. The minimum atomic E-state index is -0.657. The molecular formula is C100H156N4O8. The van der Waals surface area contributed by atoms with Gasteiger partial charge in [-0.3, -0.25) is 14.6 Å². The normalized spacial score (nSPS) is 11.4. The Morgan fingerprint density at radius 1 is 0.286 bits per heavy atom. The van der Waals surface area contributed by atoms with E-state index in [9.17, 15) is 14.4 Å². The zero-order chi connectivity index (χ0) is 79.4. The van der Waals surface area contributed by atoms with Gasteiger partial charge in [0.25, 0.3) is 11.8 Å². The van der Waals surface area contributed by atoms with Crippen LogP contribution in [0.3, 0.4) is 0 Å². The van der Waals surface area contributed by atoms with Crippen molar-refractivity contribution in [1.82, 2.24) is 9.97 Å². The number of carbonyl (C=O) groups excluding carboxylic acids is 3. The van der Waals surface area contributed by atoms with E-state index in [4.69, 9.17) is 33.7 Å². The number of fused-ring (bicyclic) bond motifs is 3. The van der Waals surface area contributed by atoms with Gasteiger partial charge in [-0.05, 0) is 93.6 Å². The molecule has 6 aromatic rings. The topological polar surface area (TPSA) is 147 Å². The van der Waals surface area contributed by atoms with Crippen LogP contribution in [0.5, 0.6) is 23.0 Å². The molecule has 0 aliphatic heterocycles. The Kier molecular flexibility index (Phi) is 51.9. The first-order valence-corrected chi connectivity index (χ1v) is 46.5. The highest BCUT2D eigenvalue weighted by Gasteiger charge is 2.22. The monoisotopic (exact) mass is 1540 g/mol. The summed E-state index contributed by atoms with van der Waals surface area (Å²) in [6, 6.07) is 26.1. The smallest absolute Gasteiger partial charge is 0.338 e. The van der Waals surface area contributed by atoms with Gasteiger partial charge in [0.1, 0.15) is 29.6 Å². The highest BCUT2D eigenvalue weighted by molar-refractivity contribution is 6.09. The van der Waals surface area contributed by atoms with Crippen LogP contribution in [0.4, 0.5) is 11.4 Å². The number of nitrogens with one attached hydrogen (secondary N) is 2. The Balaban J connectivity index is 1.17. The molecule has 0 bridgehead atoms. The van der Waals surface area contributed by atoms with Gasteiger partial charge in [0.2, 0.25) is 0 Å². The van der Waals surface area contributed by atoms with Crippen molar-refractivity contribution >= 4 is 51.0 Å². The van der Waals surface area contributed by atoms with Crippen molar-refractivity contribution in [2.24, 2.45) is 0 Å². The summed E-state index contributed by atoms with van der Waals surface area (Å²) >= 11 is 0. The summed E-state index contributed by atoms with van der Waals surface area (Å²) in [6.45, 7) is 14.9. The Hall–Kier alpha value is -6.69. The van der Waals surface area contributed by atoms with E-state index in [-0.39, 0.29) is 12.2 Å². The molecule has 0 atom stereocenters. The van der Waals surface area contributed by atoms with Gasteiger partial charge in [0.05, 0.1) is 48.7 Å². The predicted molar refractivity (Wildman–Crippen MR) is 474 cm³/mol. The van der Waals surface area contributed by atoms with Gasteiger partial charge >= 0.3 is 5.97 Å². The van der Waals surface area contributed by atoms with Crippen LogP contribution < -0.4 is 29.6 Å². The molecule has 2 N–H and O–H groups in total. The number of nitrogens with zero attached hydrogens (tertiary/aromatic N) is 2. The van der Waals surface area contributed by atoms with E-state index in [1.807, 2.05) is 62.4 Å². The number of rotatable bonds is 71. The van der Waals surface area contributed by atoms with Gasteiger partial charge in [-0.25, -0.2) is 9.78 Å². The highest BCUT2D eigenvalue weighted by atomic mass is 16.5. The van der Waals surface area contributed by atoms with Crippen LogP contribution in [-0.2, 0) is 11.3 Å². The van der Waals surface area contributed by atoms with E-state index >= 15 is 0 Å². The Labute approximate surface area is 681 Å². The fourth-order valence-corrected chi connectivity index (χ4v) is 15.4. The van der Waals surface area contributed by atoms with Crippen LogP contribution in [0.15, 0.2) is 84.9 Å². The molecule has 4 aromatic carbocycles. The Morgan fingerprint density at radius 2 is 0.536 bits per heavy atom. The Bertz CT molecular complexity index is 3200. The minimum absolute atomic E-state index is 0.128. The second-order valence-electron chi connectivity index (χ2n) is 32.8. The van der Waals surface area contributed by atoms with E-state index in [1.54, 1.807) is 36.4 Å². The molecular weight excluding hydrogens is 1390 g/mol. The number of esters is 1. The molecule has 0 saturated carbocycles. The van der Waals surface area contributed by atoms with E-state index in [1.165, 1.54) is 308 Å². The van der Waals surface area contributed by atoms with Crippen LogP contribution in [0.25, 0.3) is 21.8 Å². The van der Waals surface area contributed by atoms with Crippen molar-refractivity contribution in [3.8, 4) is 23.0 Å². The lowest BCUT2D eigenvalue weighted by Gasteiger charge is -2.18. The summed E-state index contributed by atoms with van der Waals surface area (Å²) < 4.78 is 32.0. The SMILES string of the molecule is CCCCCCCCCCCCCCCCOc1cc(OCCCCCCCCCCCCCCCC)cc(C(=O)Nc2cc(C(=O)OCc3ccc4ccc5ccc(C)nc5c4n3)cc(NC(=O)c3cc(OCCCCCCCCCCCCCCCC)cc(OCCCCCCCCCCCCCCCC)c3)c2C)c1. The predicted octanol–water partition coefficient (Wildman–Crippen LogP) is 30.7. The molecule has 0 fully saturated rings. The fourth-order valence-electron chi connectivity index (χ4n) is 15.4. The number of ether oxygens (including phenoxy) is 5. The first-order valence-electron chi connectivity index (χ1n) is 46.5. The molecule has 0 radical (unpaired) electrons. The van der Waals surface area contributed by atoms with Gasteiger partial charge in [-0.1, -0.05) is 386 Å². The van der Waals surface area contributed by atoms with Crippen LogP contribution in [0.2, 0.25) is 0 Å². The zero-order valence-electron chi connectivity index (χ0n) is 71.9. The van der Waals surface area contributed by atoms with Gasteiger partial charge in [0.15, 0.2) is 0 Å². The van der Waals surface area contributed by atoms with E-state index in [0.29, 0.717) is 83.2 Å². The third-order valence-corrected chi connectivity index (χ3v) is 22.6. The number of amides is 2. The van der Waals surface area contributed by atoms with E-state index in [0.717, 1.165) is 78.9 Å². The van der Waals surface area contributed by atoms with Crippen LogP contribution in [-0.4, -0.2) is 54.2 Å². The van der Waals surface area contributed by atoms with Gasteiger partial charge < -0.3 is 34.3 Å². The van der Waals surface area contributed by atoms with Crippen molar-refractivity contribution in [3.05, 3.63) is 119 Å². The first kappa shape index (κ1) is 94.2. The third-order valence-electron chi connectivity index (χ3n) is 22.6. The highest BCUT2D eigenvalue weighted by Crippen LogP contribution is 2.33.